The highest BCUT2D eigenvalue weighted by molar-refractivity contribution is 7.80. The molecule has 3 N–H and O–H groups in total. The van der Waals surface area contributed by atoms with E-state index in [0.717, 1.165) is 0 Å². The van der Waals surface area contributed by atoms with Gasteiger partial charge in [0.1, 0.15) is 5.75 Å². The van der Waals surface area contributed by atoms with E-state index in [1.807, 2.05) is 13.8 Å². The molecule has 0 fully saturated rings. The third-order valence-corrected chi connectivity index (χ3v) is 2.35. The summed E-state index contributed by atoms with van der Waals surface area (Å²) in [6, 6.07) is 3.26. The molecule has 0 aromatic heterocycles. The van der Waals surface area contributed by atoms with Crippen LogP contribution in [0.1, 0.15) is 13.8 Å². The first-order valence-corrected chi connectivity index (χ1v) is 5.78. The fraction of sp³-hybridized carbons (Fsp3) is 0.300. The van der Waals surface area contributed by atoms with Crippen molar-refractivity contribution in [2.24, 2.45) is 5.73 Å². The van der Waals surface area contributed by atoms with Crippen molar-refractivity contribution in [2.75, 3.05) is 5.32 Å². The van der Waals surface area contributed by atoms with Crippen LogP contribution in [0.3, 0.4) is 0 Å². The summed E-state index contributed by atoms with van der Waals surface area (Å²) in [4.78, 5) is 0. The first-order chi connectivity index (χ1) is 7.40. The number of rotatable bonds is 3. The number of halogens is 2. The zero-order chi connectivity index (χ0) is 12.3. The summed E-state index contributed by atoms with van der Waals surface area (Å²) >= 11 is 16.8. The molecule has 0 aliphatic heterocycles. The van der Waals surface area contributed by atoms with Crippen LogP contribution in [0.25, 0.3) is 0 Å². The molecule has 0 heterocycles. The number of nitrogens with one attached hydrogen (secondary N) is 1. The molecule has 1 aromatic rings. The molecule has 0 spiro atoms. The Hall–Kier alpha value is -0.710. The van der Waals surface area contributed by atoms with Gasteiger partial charge in [-0.05, 0) is 32.1 Å². The summed E-state index contributed by atoms with van der Waals surface area (Å²) < 4.78 is 5.48. The average molecular weight is 279 g/mol. The molecular formula is C10H12Cl2N2OS. The molecule has 0 saturated carbocycles. The van der Waals surface area contributed by atoms with E-state index in [2.05, 4.69) is 5.32 Å². The Bertz CT molecular complexity index is 410. The van der Waals surface area contributed by atoms with E-state index >= 15 is 0 Å². The molecular weight excluding hydrogens is 267 g/mol. The van der Waals surface area contributed by atoms with Gasteiger partial charge in [0.15, 0.2) is 5.11 Å². The van der Waals surface area contributed by atoms with Gasteiger partial charge in [0, 0.05) is 6.07 Å². The van der Waals surface area contributed by atoms with Crippen molar-refractivity contribution in [1.29, 1.82) is 0 Å². The SMILES string of the molecule is CC(C)Oc1cc(Cl)c(NC(N)=S)cc1Cl. The van der Waals surface area contributed by atoms with Crippen LogP contribution in [0.4, 0.5) is 5.69 Å². The number of thiocarbonyl (C=S) groups is 1. The van der Waals surface area contributed by atoms with Crippen molar-refractivity contribution in [2.45, 2.75) is 20.0 Å². The first-order valence-electron chi connectivity index (χ1n) is 4.62. The smallest absolute Gasteiger partial charge is 0.168 e. The highest BCUT2D eigenvalue weighted by Crippen LogP contribution is 2.34. The predicted octanol–water partition coefficient (Wildman–Crippen LogP) is 3.44. The largest absolute Gasteiger partial charge is 0.489 e. The highest BCUT2D eigenvalue weighted by Gasteiger charge is 2.10. The molecule has 0 aliphatic rings. The topological polar surface area (TPSA) is 47.3 Å². The molecule has 0 bridgehead atoms. The van der Waals surface area contributed by atoms with Crippen LogP contribution in [-0.2, 0) is 0 Å². The molecule has 1 rings (SSSR count). The van der Waals surface area contributed by atoms with E-state index in [0.29, 0.717) is 21.5 Å². The lowest BCUT2D eigenvalue weighted by Gasteiger charge is -2.14. The second-order valence-electron chi connectivity index (χ2n) is 3.42. The predicted molar refractivity (Wildman–Crippen MR) is 72.6 cm³/mol. The first kappa shape index (κ1) is 13.4. The fourth-order valence-electron chi connectivity index (χ4n) is 1.10. The summed E-state index contributed by atoms with van der Waals surface area (Å²) in [5.41, 5.74) is 5.91. The van der Waals surface area contributed by atoms with Crippen LogP contribution < -0.4 is 15.8 Å². The van der Waals surface area contributed by atoms with Gasteiger partial charge in [0.05, 0.1) is 21.8 Å². The average Bonchev–Trinajstić information content (AvgIpc) is 2.11. The Morgan fingerprint density at radius 3 is 2.50 bits per heavy atom. The van der Waals surface area contributed by atoms with E-state index in [1.54, 1.807) is 12.1 Å². The molecule has 16 heavy (non-hydrogen) atoms. The Morgan fingerprint density at radius 2 is 2.00 bits per heavy atom. The highest BCUT2D eigenvalue weighted by atomic mass is 35.5. The summed E-state index contributed by atoms with van der Waals surface area (Å²) in [7, 11) is 0. The van der Waals surface area contributed by atoms with Gasteiger partial charge >= 0.3 is 0 Å². The van der Waals surface area contributed by atoms with Crippen LogP contribution in [-0.4, -0.2) is 11.2 Å². The quantitative estimate of drug-likeness (QED) is 0.832. The second kappa shape index (κ2) is 5.57. The van der Waals surface area contributed by atoms with Gasteiger partial charge in [-0.25, -0.2) is 0 Å². The lowest BCUT2D eigenvalue weighted by atomic mass is 10.3. The van der Waals surface area contributed by atoms with Crippen molar-refractivity contribution >= 4 is 46.2 Å². The maximum Gasteiger partial charge on any atom is 0.168 e. The third-order valence-electron chi connectivity index (χ3n) is 1.64. The van der Waals surface area contributed by atoms with Crippen LogP contribution in [0.15, 0.2) is 12.1 Å². The third kappa shape index (κ3) is 3.70. The normalized spacial score (nSPS) is 10.3. The second-order valence-corrected chi connectivity index (χ2v) is 4.67. The van der Waals surface area contributed by atoms with Gasteiger partial charge in [-0.2, -0.15) is 0 Å². The van der Waals surface area contributed by atoms with E-state index in [9.17, 15) is 0 Å². The van der Waals surface area contributed by atoms with Crippen LogP contribution >= 0.6 is 35.4 Å². The number of hydrogen-bond acceptors (Lipinski definition) is 2. The van der Waals surface area contributed by atoms with Crippen molar-refractivity contribution in [3.63, 3.8) is 0 Å². The van der Waals surface area contributed by atoms with Crippen molar-refractivity contribution in [3.8, 4) is 5.75 Å². The molecule has 6 heteroatoms. The van der Waals surface area contributed by atoms with Crippen molar-refractivity contribution in [1.82, 2.24) is 0 Å². The van der Waals surface area contributed by atoms with Gasteiger partial charge in [-0.1, -0.05) is 23.2 Å². The van der Waals surface area contributed by atoms with Gasteiger partial charge in [0.25, 0.3) is 0 Å². The number of nitrogens with two attached hydrogens (primary N) is 1. The number of ether oxygens (including phenoxy) is 1. The maximum absolute atomic E-state index is 6.02. The van der Waals surface area contributed by atoms with E-state index in [-0.39, 0.29) is 11.2 Å². The van der Waals surface area contributed by atoms with E-state index in [1.165, 1.54) is 0 Å². The molecule has 1 aromatic carbocycles. The number of benzene rings is 1. The minimum absolute atomic E-state index is 0.0305. The fourth-order valence-corrected chi connectivity index (χ4v) is 1.62. The minimum atomic E-state index is 0.0305. The molecule has 0 radical (unpaired) electrons. The Morgan fingerprint density at radius 1 is 1.38 bits per heavy atom. The van der Waals surface area contributed by atoms with E-state index in [4.69, 9.17) is 45.9 Å². The lowest BCUT2D eigenvalue weighted by molar-refractivity contribution is 0.242. The molecule has 3 nitrogen and oxygen atoms in total. The summed E-state index contributed by atoms with van der Waals surface area (Å²) in [5.74, 6) is 0.537. The zero-order valence-corrected chi connectivity index (χ0v) is 11.2. The van der Waals surface area contributed by atoms with Gasteiger partial charge in [0.2, 0.25) is 0 Å². The minimum Gasteiger partial charge on any atom is -0.489 e. The van der Waals surface area contributed by atoms with Crippen LogP contribution in [0.2, 0.25) is 10.0 Å². The Balaban J connectivity index is 3.01. The van der Waals surface area contributed by atoms with Crippen molar-refractivity contribution < 1.29 is 4.74 Å². The summed E-state index contributed by atoms with van der Waals surface area (Å²) in [5, 5.41) is 3.77. The standard InChI is InChI=1S/C10H12Cl2N2OS/c1-5(2)15-9-4-6(11)8(3-7(9)12)14-10(13)16/h3-5H,1-2H3,(H3,13,14,16). The monoisotopic (exact) mass is 278 g/mol. The molecule has 0 unspecified atom stereocenters. The Kier molecular flexibility index (Phi) is 4.65. The molecule has 88 valence electrons. The molecule has 0 amide bonds. The van der Waals surface area contributed by atoms with Gasteiger partial charge in [-0.15, -0.1) is 0 Å². The number of hydrogen-bond donors (Lipinski definition) is 2. The Labute approximate surface area is 110 Å². The maximum atomic E-state index is 6.02. The molecule has 0 saturated heterocycles. The van der Waals surface area contributed by atoms with Crippen LogP contribution in [0.5, 0.6) is 5.75 Å². The van der Waals surface area contributed by atoms with E-state index < -0.39 is 0 Å². The summed E-state index contributed by atoms with van der Waals surface area (Å²) in [6.45, 7) is 3.82. The van der Waals surface area contributed by atoms with Gasteiger partial charge < -0.3 is 15.8 Å². The molecule has 0 atom stereocenters. The number of anilines is 1. The van der Waals surface area contributed by atoms with Crippen LogP contribution in [0, 0.1) is 0 Å². The summed E-state index contributed by atoms with van der Waals surface area (Å²) in [6.07, 6.45) is 0.0305. The lowest BCUT2D eigenvalue weighted by Crippen LogP contribution is -2.19. The zero-order valence-electron chi connectivity index (χ0n) is 8.88. The molecule has 0 aliphatic carbocycles. The van der Waals surface area contributed by atoms with Gasteiger partial charge in [-0.3, -0.25) is 0 Å². The van der Waals surface area contributed by atoms with Crippen molar-refractivity contribution in [3.05, 3.63) is 22.2 Å².